The van der Waals surface area contributed by atoms with Crippen LogP contribution in [0.3, 0.4) is 0 Å². The maximum atomic E-state index is 15.6. The smallest absolute Gasteiger partial charge is 0.245 e. The maximum Gasteiger partial charge on any atom is 0.245 e. The number of oxime groups is 1. The van der Waals surface area contributed by atoms with E-state index in [0.29, 0.717) is 66.2 Å². The Morgan fingerprint density at radius 3 is 2.52 bits per heavy atom. The number of para-hydroxylation sites is 1. The zero-order valence-electron chi connectivity index (χ0n) is 37.6. The van der Waals surface area contributed by atoms with E-state index in [0.717, 1.165) is 54.6 Å². The van der Waals surface area contributed by atoms with Gasteiger partial charge in [-0.1, -0.05) is 55.3 Å². The predicted octanol–water partition coefficient (Wildman–Crippen LogP) is 10.0. The highest BCUT2D eigenvalue weighted by atomic mass is 32.2. The zero-order chi connectivity index (χ0) is 45.4. The van der Waals surface area contributed by atoms with Crippen LogP contribution in [0, 0.1) is 17.8 Å². The Bertz CT molecular complexity index is 2420. The van der Waals surface area contributed by atoms with E-state index in [1.54, 1.807) is 46.5 Å². The molecule has 0 spiro atoms. The Labute approximate surface area is 388 Å². The second kappa shape index (κ2) is 21.6. The number of fused-ring (bicyclic) bond motifs is 3. The Hall–Kier alpha value is -4.28. The van der Waals surface area contributed by atoms with Crippen molar-refractivity contribution < 1.29 is 42.4 Å². The number of sulfonamides is 1. The van der Waals surface area contributed by atoms with Crippen molar-refractivity contribution >= 4 is 38.4 Å². The first-order valence-corrected chi connectivity index (χ1v) is 26.0. The van der Waals surface area contributed by atoms with Crippen LogP contribution in [0.5, 0.6) is 17.2 Å². The lowest BCUT2D eigenvalue weighted by Crippen LogP contribution is -2.70. The van der Waals surface area contributed by atoms with Crippen molar-refractivity contribution in [3.8, 4) is 17.2 Å². The number of aliphatic hydroxyl groups is 2. The predicted molar refractivity (Wildman–Crippen MR) is 254 cm³/mol. The Morgan fingerprint density at radius 2 is 1.78 bits per heavy atom. The summed E-state index contributed by atoms with van der Waals surface area (Å²) in [6, 6.07) is 21.9. The van der Waals surface area contributed by atoms with Gasteiger partial charge >= 0.3 is 0 Å². The van der Waals surface area contributed by atoms with Crippen molar-refractivity contribution in [2.45, 2.75) is 111 Å². The van der Waals surface area contributed by atoms with Crippen molar-refractivity contribution in [3.05, 3.63) is 109 Å². The van der Waals surface area contributed by atoms with Crippen LogP contribution < -0.4 is 9.47 Å². The molecule has 65 heavy (non-hydrogen) atoms. The summed E-state index contributed by atoms with van der Waals surface area (Å²) in [5, 5.41) is 25.7. The van der Waals surface area contributed by atoms with Gasteiger partial charge in [-0.25, -0.2) is 8.42 Å². The minimum Gasteiger partial charge on any atom is -0.460 e. The first kappa shape index (κ1) is 47.2. The summed E-state index contributed by atoms with van der Waals surface area (Å²) < 4.78 is 59.9. The van der Waals surface area contributed by atoms with Crippen LogP contribution in [-0.2, 0) is 24.3 Å². The molecule has 8 rings (SSSR count). The van der Waals surface area contributed by atoms with Crippen molar-refractivity contribution in [1.29, 1.82) is 0 Å². The summed E-state index contributed by atoms with van der Waals surface area (Å²) in [6.45, 7) is 7.01. The third-order valence-electron chi connectivity index (χ3n) is 13.3. The minimum atomic E-state index is -4.29. The topological polar surface area (TPSA) is 149 Å². The quantitative estimate of drug-likeness (QED) is 0.0356. The van der Waals surface area contributed by atoms with Crippen molar-refractivity contribution in [1.82, 2.24) is 9.29 Å². The normalized spacial score (nSPS) is 25.7. The molecule has 1 aromatic heterocycles. The van der Waals surface area contributed by atoms with E-state index in [9.17, 15) is 10.2 Å². The Morgan fingerprint density at radius 1 is 1.00 bits per heavy atom. The lowest BCUT2D eigenvalue weighted by atomic mass is 9.55. The van der Waals surface area contributed by atoms with E-state index in [1.807, 2.05) is 61.7 Å². The molecule has 3 aromatic carbocycles. The second-order valence-electron chi connectivity index (χ2n) is 17.4. The average molecular weight is 926 g/mol. The number of thioether (sulfide) groups is 1. The van der Waals surface area contributed by atoms with Gasteiger partial charge in [0, 0.05) is 60.6 Å². The number of hydrogen-bond acceptors (Lipinski definition) is 12. The summed E-state index contributed by atoms with van der Waals surface area (Å²) >= 11 is 1.67. The molecule has 2 aliphatic heterocycles. The van der Waals surface area contributed by atoms with Gasteiger partial charge in [0.15, 0.2) is 0 Å². The number of pyridine rings is 1. The van der Waals surface area contributed by atoms with Crippen molar-refractivity contribution in [2.24, 2.45) is 22.9 Å². The number of aromatic nitrogens is 1. The lowest BCUT2D eigenvalue weighted by molar-refractivity contribution is -0.251. The first-order valence-electron chi connectivity index (χ1n) is 23.3. The second-order valence-corrected chi connectivity index (χ2v) is 20.1. The molecule has 0 amide bonds. The molecule has 1 saturated carbocycles. The average Bonchev–Trinajstić information content (AvgIpc) is 3.33. The van der Waals surface area contributed by atoms with Crippen LogP contribution in [0.25, 0.3) is 10.9 Å². The molecule has 4 aliphatic rings. The van der Waals surface area contributed by atoms with E-state index in [4.69, 9.17) is 28.9 Å². The van der Waals surface area contributed by atoms with Crippen molar-refractivity contribution in [2.75, 3.05) is 39.2 Å². The fourth-order valence-corrected chi connectivity index (χ4v) is 12.8. The highest BCUT2D eigenvalue weighted by Gasteiger charge is 2.66. The highest BCUT2D eigenvalue weighted by Crippen LogP contribution is 2.62. The largest absolute Gasteiger partial charge is 0.460 e. The van der Waals surface area contributed by atoms with Crippen LogP contribution >= 0.6 is 11.8 Å². The number of ether oxygens (including phenoxy) is 4. The number of hydrogen-bond donors (Lipinski definition) is 2. The number of benzene rings is 3. The Kier molecular flexibility index (Phi) is 15.7. The van der Waals surface area contributed by atoms with E-state index >= 15 is 8.42 Å². The molecule has 2 fully saturated rings. The van der Waals surface area contributed by atoms with E-state index in [1.165, 1.54) is 0 Å². The van der Waals surface area contributed by atoms with Gasteiger partial charge in [0.2, 0.25) is 22.1 Å². The number of nitrogens with zero attached hydrogens (tertiary/aromatic N) is 3. The standard InChI is InChI=1S/C51H63N3O9S2/c1-4-27-54(65(57,58)45-18-12-15-35-16-13-26-52-50(35)45)46-34-43(53-63-47-19-8-11-31-59-47)41-32-36(14-6-9-28-55)40(17-7-10-29-56)48-42-33-38(61-37-20-23-39(64-3)24-21-37)22-25-44(42)62-51(46,49(41)48)60-30-5-2/h5,12-13,15-16,18,20-26,32-33,36,40,46-49,55-56H,2,4,6-11,14,17,19,27-31,34H2,1,3H3/t36-,40+,46-,47?,48+,49+,51+/m0/s1. The monoisotopic (exact) mass is 925 g/mol. The molecule has 3 heterocycles. The van der Waals surface area contributed by atoms with E-state index < -0.39 is 34.1 Å². The first-order chi connectivity index (χ1) is 31.8. The molecule has 0 bridgehead atoms. The molecule has 12 nitrogen and oxygen atoms in total. The van der Waals surface area contributed by atoms with Gasteiger partial charge in [0.25, 0.3) is 0 Å². The lowest BCUT2D eigenvalue weighted by Gasteiger charge is -2.59. The van der Waals surface area contributed by atoms with Crippen LogP contribution in [0.2, 0.25) is 0 Å². The molecule has 2 aliphatic carbocycles. The van der Waals surface area contributed by atoms with Crippen LogP contribution in [-0.4, -0.2) is 91.0 Å². The molecule has 348 valence electrons. The van der Waals surface area contributed by atoms with Gasteiger partial charge in [-0.3, -0.25) is 4.98 Å². The van der Waals surface area contributed by atoms with Gasteiger partial charge in [0.05, 0.1) is 36.4 Å². The Balaban J connectivity index is 1.36. The zero-order valence-corrected chi connectivity index (χ0v) is 39.2. The van der Waals surface area contributed by atoms with E-state index in [-0.39, 0.29) is 55.4 Å². The van der Waals surface area contributed by atoms with E-state index in [2.05, 4.69) is 23.7 Å². The highest BCUT2D eigenvalue weighted by molar-refractivity contribution is 7.98. The number of allylic oxidation sites excluding steroid dienone is 1. The maximum absolute atomic E-state index is 15.6. The summed E-state index contributed by atoms with van der Waals surface area (Å²) in [4.78, 5) is 12.1. The van der Waals surface area contributed by atoms with Gasteiger partial charge < -0.3 is 34.0 Å². The molecule has 1 saturated heterocycles. The molecule has 4 aromatic rings. The fourth-order valence-electron chi connectivity index (χ4n) is 10.5. The number of unbranched alkanes of at least 4 members (excludes halogenated alkanes) is 2. The molecule has 14 heteroatoms. The summed E-state index contributed by atoms with van der Waals surface area (Å²) in [5.41, 5.74) is 2.83. The van der Waals surface area contributed by atoms with Crippen LogP contribution in [0.1, 0.15) is 89.0 Å². The third-order valence-corrected chi connectivity index (χ3v) is 16.0. The van der Waals surface area contributed by atoms with Gasteiger partial charge in [0.1, 0.15) is 22.1 Å². The molecule has 7 atom stereocenters. The summed E-state index contributed by atoms with van der Waals surface area (Å²) in [7, 11) is -4.29. The summed E-state index contributed by atoms with van der Waals surface area (Å²) in [6.07, 6.45) is 14.8. The summed E-state index contributed by atoms with van der Waals surface area (Å²) in [5.74, 6) is -0.468. The number of rotatable bonds is 21. The van der Waals surface area contributed by atoms with Crippen LogP contribution in [0.15, 0.2) is 118 Å². The molecular weight excluding hydrogens is 863 g/mol. The van der Waals surface area contributed by atoms with Gasteiger partial charge in [-0.2, -0.15) is 4.31 Å². The number of aliphatic hydroxyl groups excluding tert-OH is 2. The molecule has 0 radical (unpaired) electrons. The third kappa shape index (κ3) is 9.91. The van der Waals surface area contributed by atoms with Gasteiger partial charge in [-0.05, 0) is 123 Å². The fraction of sp³-hybridized carbons (Fsp3) is 0.490. The van der Waals surface area contributed by atoms with Gasteiger partial charge in [-0.15, -0.1) is 18.3 Å². The SMILES string of the molecule is C=CCO[C@@]12Oc3ccc(Oc4ccc(SC)cc4)cc3[C@H]3[C@H](CCCCO)[C@@H](CCCCO)C=C(C(=NOC4CCCCO4)C[C@@H]1N(CCC)S(=O)(=O)c1cccc4cccnc14)[C@H]32. The molecular formula is C51H63N3O9S2. The van der Waals surface area contributed by atoms with Crippen LogP contribution in [0.4, 0.5) is 0 Å². The minimum absolute atomic E-state index is 0.000516. The molecule has 2 N–H and O–H groups in total. The van der Waals surface area contributed by atoms with Crippen molar-refractivity contribution in [3.63, 3.8) is 0 Å². The molecule has 1 unspecified atom stereocenters.